The van der Waals surface area contributed by atoms with Crippen molar-refractivity contribution >= 4 is 53.3 Å². The third-order valence-electron chi connectivity index (χ3n) is 7.36. The lowest BCUT2D eigenvalue weighted by molar-refractivity contribution is 0.690. The molecule has 0 nitrogen and oxygen atoms in total. The van der Waals surface area contributed by atoms with Crippen LogP contribution >= 0.6 is 15.8 Å². The highest BCUT2D eigenvalue weighted by molar-refractivity contribution is 7.80. The summed E-state index contributed by atoms with van der Waals surface area (Å²) >= 11 is 0. The van der Waals surface area contributed by atoms with Gasteiger partial charge in [0.1, 0.15) is 0 Å². The fraction of sp³-hybridized carbons (Fsp3) is 0.286. The van der Waals surface area contributed by atoms with Gasteiger partial charge in [-0.25, -0.2) is 6.07 Å². The molecular formula is C35H39P2-. The van der Waals surface area contributed by atoms with Crippen molar-refractivity contribution in [2.45, 2.75) is 64.4 Å². The van der Waals surface area contributed by atoms with E-state index in [9.17, 15) is 0 Å². The maximum absolute atomic E-state index is 2.50. The molecule has 0 bridgehead atoms. The minimum Gasteiger partial charge on any atom is -0.209 e. The van der Waals surface area contributed by atoms with E-state index in [-0.39, 0.29) is 18.2 Å². The van der Waals surface area contributed by atoms with Crippen molar-refractivity contribution in [2.24, 2.45) is 0 Å². The van der Waals surface area contributed by atoms with Gasteiger partial charge in [0.15, 0.2) is 0 Å². The van der Waals surface area contributed by atoms with Gasteiger partial charge in [0.05, 0.1) is 0 Å². The Morgan fingerprint density at radius 2 is 1.05 bits per heavy atom. The number of hydrogen-bond donors (Lipinski definition) is 0. The topological polar surface area (TPSA) is 0 Å². The van der Waals surface area contributed by atoms with Gasteiger partial charge in [-0.2, -0.15) is 17.7 Å². The summed E-state index contributed by atoms with van der Waals surface area (Å²) < 4.78 is 0. The lowest BCUT2D eigenvalue weighted by Gasteiger charge is -2.48. The van der Waals surface area contributed by atoms with Gasteiger partial charge >= 0.3 is 0 Å². The van der Waals surface area contributed by atoms with E-state index in [2.05, 4.69) is 152 Å². The third kappa shape index (κ3) is 5.04. The summed E-state index contributed by atoms with van der Waals surface area (Å²) in [6, 6.07) is 38.8. The molecule has 2 heteroatoms. The van der Waals surface area contributed by atoms with Crippen LogP contribution in [0.3, 0.4) is 0 Å². The van der Waals surface area contributed by atoms with E-state index >= 15 is 0 Å². The normalized spacial score (nSPS) is 13.6. The molecule has 0 N–H and O–H groups in total. The molecule has 0 aliphatic rings. The molecule has 0 aliphatic heterocycles. The quantitative estimate of drug-likeness (QED) is 0.160. The first-order valence-corrected chi connectivity index (χ1v) is 16.1. The molecule has 5 rings (SSSR count). The average molecular weight is 522 g/mol. The van der Waals surface area contributed by atoms with Crippen molar-refractivity contribution in [3.63, 3.8) is 0 Å². The molecule has 0 radical (unpaired) electrons. The Morgan fingerprint density at radius 3 is 1.54 bits per heavy atom. The maximum Gasteiger partial charge on any atom is -0.00923 e. The molecule has 37 heavy (non-hydrogen) atoms. The van der Waals surface area contributed by atoms with Crippen LogP contribution in [-0.2, 0) is 0 Å². The highest BCUT2D eigenvalue weighted by atomic mass is 31.1. The van der Waals surface area contributed by atoms with E-state index in [0.717, 1.165) is 0 Å². The standard InChI is InChI=1S/C35H39P2/c1-25(37(34(2,3)4)35(5,6)7)28-21-14-24-31(28)36(32-22-12-17-26-15-8-10-19-29(26)32)33-23-13-18-27-16-9-11-20-30(27)33/h8-25H,1-7H3/q-1/t25-/m0/s1. The lowest BCUT2D eigenvalue weighted by Crippen LogP contribution is -2.29. The van der Waals surface area contributed by atoms with Crippen LogP contribution in [0.25, 0.3) is 21.5 Å². The van der Waals surface area contributed by atoms with Gasteiger partial charge in [0, 0.05) is 0 Å². The van der Waals surface area contributed by atoms with Gasteiger partial charge in [0.25, 0.3) is 0 Å². The van der Waals surface area contributed by atoms with Crippen LogP contribution in [-0.4, -0.2) is 10.3 Å². The Hall–Kier alpha value is -2.39. The minimum absolute atomic E-state index is 0.267. The van der Waals surface area contributed by atoms with Crippen LogP contribution in [0.2, 0.25) is 0 Å². The first kappa shape index (κ1) is 26.2. The minimum atomic E-state index is -0.748. The second-order valence-corrected chi connectivity index (χ2v) is 18.4. The van der Waals surface area contributed by atoms with E-state index in [1.165, 1.54) is 37.5 Å². The molecule has 5 aromatic rings. The molecular weight excluding hydrogens is 482 g/mol. The monoisotopic (exact) mass is 521 g/mol. The smallest absolute Gasteiger partial charge is 0.00923 e. The van der Waals surface area contributed by atoms with Crippen molar-refractivity contribution in [2.75, 3.05) is 0 Å². The fourth-order valence-electron chi connectivity index (χ4n) is 6.48. The molecule has 0 spiro atoms. The summed E-state index contributed by atoms with van der Waals surface area (Å²) in [5.74, 6) is 0. The van der Waals surface area contributed by atoms with Crippen LogP contribution in [0.15, 0.2) is 103 Å². The Kier molecular flexibility index (Phi) is 7.13. The van der Waals surface area contributed by atoms with Gasteiger partial charge in [-0.15, -0.1) is 13.2 Å². The Morgan fingerprint density at radius 1 is 0.595 bits per heavy atom. The summed E-state index contributed by atoms with van der Waals surface area (Å²) in [5.41, 5.74) is 2.05. The number of hydrogen-bond acceptors (Lipinski definition) is 0. The Labute approximate surface area is 226 Å². The molecule has 0 unspecified atom stereocenters. The van der Waals surface area contributed by atoms with Crippen molar-refractivity contribution in [1.29, 1.82) is 0 Å². The fourth-order valence-corrected chi connectivity index (χ4v) is 14.3. The molecule has 0 aliphatic carbocycles. The molecule has 0 amide bonds. The van der Waals surface area contributed by atoms with Gasteiger partial charge in [-0.3, -0.25) is 0 Å². The summed E-state index contributed by atoms with van der Waals surface area (Å²) in [4.78, 5) is 0. The van der Waals surface area contributed by atoms with Crippen LogP contribution in [0.5, 0.6) is 0 Å². The van der Waals surface area contributed by atoms with Crippen LogP contribution in [0.1, 0.15) is 59.7 Å². The number of benzene rings is 4. The molecule has 0 aromatic heterocycles. The molecule has 190 valence electrons. The van der Waals surface area contributed by atoms with E-state index in [4.69, 9.17) is 0 Å². The predicted molar refractivity (Wildman–Crippen MR) is 171 cm³/mol. The average Bonchev–Trinajstić information content (AvgIpc) is 3.32. The van der Waals surface area contributed by atoms with E-state index in [1.54, 1.807) is 5.56 Å². The summed E-state index contributed by atoms with van der Waals surface area (Å²) in [6.07, 6.45) is 0. The summed E-state index contributed by atoms with van der Waals surface area (Å²) in [5, 5.41) is 10.4. The Balaban J connectivity index is 1.79. The van der Waals surface area contributed by atoms with Crippen molar-refractivity contribution in [3.05, 3.63) is 109 Å². The van der Waals surface area contributed by atoms with E-state index in [1.807, 2.05) is 0 Å². The van der Waals surface area contributed by atoms with Crippen LogP contribution in [0, 0.1) is 0 Å². The SMILES string of the molecule is C[C@@H](c1cc[cH-]c1P(c1cccc2ccccc12)c1cccc2ccccc12)P(C(C)(C)C)C(C)(C)C. The molecule has 0 fully saturated rings. The van der Waals surface area contributed by atoms with Gasteiger partial charge in [-0.05, 0) is 50.4 Å². The van der Waals surface area contributed by atoms with Crippen molar-refractivity contribution in [3.8, 4) is 0 Å². The molecule has 1 atom stereocenters. The van der Waals surface area contributed by atoms with Crippen molar-refractivity contribution < 1.29 is 0 Å². The molecule has 5 aromatic carbocycles. The lowest BCUT2D eigenvalue weighted by atomic mass is 10.1. The zero-order valence-electron chi connectivity index (χ0n) is 23.3. The summed E-state index contributed by atoms with van der Waals surface area (Å²) in [7, 11) is -1.04. The van der Waals surface area contributed by atoms with Gasteiger partial charge in [0.2, 0.25) is 0 Å². The second kappa shape index (κ2) is 10.1. The van der Waals surface area contributed by atoms with Crippen molar-refractivity contribution in [1.82, 2.24) is 0 Å². The highest BCUT2D eigenvalue weighted by Gasteiger charge is 2.37. The molecule has 0 saturated carbocycles. The second-order valence-electron chi connectivity index (χ2n) is 12.1. The first-order chi connectivity index (χ1) is 17.6. The van der Waals surface area contributed by atoms with Crippen LogP contribution < -0.4 is 15.9 Å². The van der Waals surface area contributed by atoms with Crippen LogP contribution in [0.4, 0.5) is 0 Å². The first-order valence-electron chi connectivity index (χ1n) is 13.4. The highest BCUT2D eigenvalue weighted by Crippen LogP contribution is 2.68. The Bertz CT molecular complexity index is 1420. The zero-order chi connectivity index (χ0) is 26.4. The maximum atomic E-state index is 2.50. The predicted octanol–water partition coefficient (Wildman–Crippen LogP) is 9.61. The number of rotatable bonds is 5. The largest absolute Gasteiger partial charge is 0.209 e. The van der Waals surface area contributed by atoms with E-state index in [0.29, 0.717) is 5.66 Å². The molecule has 0 heterocycles. The van der Waals surface area contributed by atoms with E-state index < -0.39 is 7.92 Å². The summed E-state index contributed by atoms with van der Waals surface area (Å²) in [6.45, 7) is 17.2. The third-order valence-corrected chi connectivity index (χ3v) is 13.9. The zero-order valence-corrected chi connectivity index (χ0v) is 25.1. The van der Waals surface area contributed by atoms with Gasteiger partial charge < -0.3 is 0 Å². The van der Waals surface area contributed by atoms with Gasteiger partial charge in [-0.1, -0.05) is 139 Å². The number of fused-ring (bicyclic) bond motifs is 2. The molecule has 0 saturated heterocycles.